The average molecular weight is 525 g/mol. The van der Waals surface area contributed by atoms with Crippen LogP contribution in [0.3, 0.4) is 0 Å². The molecule has 2 aromatic carbocycles. The minimum atomic E-state index is -4.03. The Hall–Kier alpha value is -3.43. The Morgan fingerprint density at radius 2 is 1.72 bits per heavy atom. The topological polar surface area (TPSA) is 92.8 Å². The Morgan fingerprint density at radius 3 is 2.28 bits per heavy atom. The average Bonchev–Trinajstić information content (AvgIpc) is 3.45. The molecule has 0 bridgehead atoms. The standard InChI is InChI=1S/C27H28N2O5S2/c1-17(2)24(23-6-5-15-35-23)28-26(30)21-9-7-19(8-10-21)16-29-27(31)18(3)25(36(29,32)33)20-11-13-22(34-4)14-12-20/h5-15,17,24H,16H2,1-4H3,(H,28,30). The van der Waals surface area contributed by atoms with Gasteiger partial charge in [-0.3, -0.25) is 9.59 Å². The van der Waals surface area contributed by atoms with Crippen molar-refractivity contribution in [2.75, 3.05) is 7.11 Å². The van der Waals surface area contributed by atoms with Crippen LogP contribution in [0.2, 0.25) is 0 Å². The Kier molecular flexibility index (Phi) is 7.33. The first-order chi connectivity index (χ1) is 17.1. The minimum Gasteiger partial charge on any atom is -0.497 e. The highest BCUT2D eigenvalue weighted by atomic mass is 32.2. The maximum absolute atomic E-state index is 13.3. The summed E-state index contributed by atoms with van der Waals surface area (Å²) in [5.74, 6) is 0.0416. The van der Waals surface area contributed by atoms with Gasteiger partial charge in [-0.15, -0.1) is 11.3 Å². The van der Waals surface area contributed by atoms with Crippen molar-refractivity contribution in [1.29, 1.82) is 0 Å². The third-order valence-electron chi connectivity index (χ3n) is 6.13. The van der Waals surface area contributed by atoms with E-state index in [1.807, 2.05) is 17.5 Å². The van der Waals surface area contributed by atoms with E-state index in [9.17, 15) is 18.0 Å². The lowest BCUT2D eigenvalue weighted by molar-refractivity contribution is -0.122. The number of hydrogen-bond donors (Lipinski definition) is 1. The van der Waals surface area contributed by atoms with Gasteiger partial charge in [-0.05, 0) is 71.8 Å². The van der Waals surface area contributed by atoms with Gasteiger partial charge >= 0.3 is 0 Å². The van der Waals surface area contributed by atoms with Gasteiger partial charge in [-0.25, -0.2) is 12.7 Å². The number of sulfonamides is 1. The van der Waals surface area contributed by atoms with Crippen molar-refractivity contribution in [1.82, 2.24) is 9.62 Å². The molecule has 3 aromatic rings. The van der Waals surface area contributed by atoms with Crippen LogP contribution < -0.4 is 10.1 Å². The number of amides is 2. The molecule has 188 valence electrons. The fourth-order valence-electron chi connectivity index (χ4n) is 4.15. The van der Waals surface area contributed by atoms with E-state index in [0.29, 0.717) is 22.4 Å². The lowest BCUT2D eigenvalue weighted by Gasteiger charge is -2.21. The minimum absolute atomic E-state index is 0.000504. The molecule has 1 N–H and O–H groups in total. The molecule has 0 spiro atoms. The van der Waals surface area contributed by atoms with Gasteiger partial charge in [0.25, 0.3) is 21.8 Å². The SMILES string of the molecule is COc1ccc(C2=C(C)C(=O)N(Cc3ccc(C(=O)NC(c4cccs4)C(C)C)cc3)S2(=O)=O)cc1. The van der Waals surface area contributed by atoms with Gasteiger partial charge in [0.05, 0.1) is 19.7 Å². The Balaban J connectivity index is 1.50. The zero-order valence-corrected chi connectivity index (χ0v) is 22.2. The van der Waals surface area contributed by atoms with Gasteiger partial charge in [-0.2, -0.15) is 0 Å². The summed E-state index contributed by atoms with van der Waals surface area (Å²) in [6.07, 6.45) is 0. The summed E-state index contributed by atoms with van der Waals surface area (Å²) in [5.41, 5.74) is 1.67. The Labute approximate surface area is 215 Å². The number of benzene rings is 2. The summed E-state index contributed by atoms with van der Waals surface area (Å²) < 4.78 is 32.6. The maximum atomic E-state index is 13.3. The van der Waals surface area contributed by atoms with Crippen LogP contribution in [-0.2, 0) is 21.4 Å². The molecular formula is C27H28N2O5S2. The molecule has 1 unspecified atom stereocenters. The van der Waals surface area contributed by atoms with E-state index in [4.69, 9.17) is 4.74 Å². The molecule has 36 heavy (non-hydrogen) atoms. The molecule has 1 aliphatic heterocycles. The monoisotopic (exact) mass is 524 g/mol. The first-order valence-corrected chi connectivity index (χ1v) is 13.8. The molecule has 1 aliphatic rings. The van der Waals surface area contributed by atoms with Crippen molar-refractivity contribution in [2.24, 2.45) is 5.92 Å². The van der Waals surface area contributed by atoms with E-state index in [2.05, 4.69) is 19.2 Å². The second-order valence-electron chi connectivity index (χ2n) is 8.91. The summed E-state index contributed by atoms with van der Waals surface area (Å²) in [5, 5.41) is 5.06. The van der Waals surface area contributed by atoms with Gasteiger partial charge in [0.1, 0.15) is 10.7 Å². The number of nitrogens with one attached hydrogen (secondary N) is 1. The molecule has 0 saturated heterocycles. The maximum Gasteiger partial charge on any atom is 0.268 e. The third-order valence-corrected chi connectivity index (χ3v) is 9.02. The summed E-state index contributed by atoms with van der Waals surface area (Å²) in [4.78, 5) is 26.9. The van der Waals surface area contributed by atoms with Crippen molar-refractivity contribution < 1.29 is 22.7 Å². The molecular weight excluding hydrogens is 496 g/mol. The number of methoxy groups -OCH3 is 1. The molecule has 7 nitrogen and oxygen atoms in total. The number of rotatable bonds is 8. The van der Waals surface area contributed by atoms with Crippen LogP contribution in [0.25, 0.3) is 4.91 Å². The molecule has 0 saturated carbocycles. The molecule has 0 aliphatic carbocycles. The molecule has 1 aromatic heterocycles. The molecule has 0 fully saturated rings. The van der Waals surface area contributed by atoms with Crippen molar-refractivity contribution in [3.05, 3.63) is 93.2 Å². The number of carbonyl (C=O) groups is 2. The van der Waals surface area contributed by atoms with E-state index < -0.39 is 15.9 Å². The number of nitrogens with zero attached hydrogens (tertiary/aromatic N) is 1. The fourth-order valence-corrected chi connectivity index (χ4v) is 6.90. The van der Waals surface area contributed by atoms with Gasteiger partial charge in [-0.1, -0.05) is 32.0 Å². The van der Waals surface area contributed by atoms with Crippen molar-refractivity contribution in [3.8, 4) is 5.75 Å². The first-order valence-electron chi connectivity index (χ1n) is 11.5. The first kappa shape index (κ1) is 25.7. The fraction of sp³-hybridized carbons (Fsp3) is 0.259. The normalized spacial score (nSPS) is 15.9. The molecule has 4 rings (SSSR count). The van der Waals surface area contributed by atoms with Crippen LogP contribution in [0, 0.1) is 5.92 Å². The van der Waals surface area contributed by atoms with Crippen LogP contribution in [0.1, 0.15) is 53.2 Å². The highest BCUT2D eigenvalue weighted by molar-refractivity contribution is 7.99. The zero-order valence-electron chi connectivity index (χ0n) is 20.5. The highest BCUT2D eigenvalue weighted by Crippen LogP contribution is 2.37. The predicted molar refractivity (Wildman–Crippen MR) is 141 cm³/mol. The van der Waals surface area contributed by atoms with Crippen LogP contribution in [0.15, 0.2) is 71.6 Å². The highest BCUT2D eigenvalue weighted by Gasteiger charge is 2.42. The van der Waals surface area contributed by atoms with E-state index in [1.54, 1.807) is 59.9 Å². The lowest BCUT2D eigenvalue weighted by Crippen LogP contribution is -2.31. The Bertz CT molecular complexity index is 1390. The second kappa shape index (κ2) is 10.3. The largest absolute Gasteiger partial charge is 0.497 e. The van der Waals surface area contributed by atoms with Gasteiger partial charge in [0.2, 0.25) is 0 Å². The summed E-state index contributed by atoms with van der Waals surface area (Å²) in [6.45, 7) is 5.50. The van der Waals surface area contributed by atoms with E-state index in [-0.39, 0.29) is 34.9 Å². The summed E-state index contributed by atoms with van der Waals surface area (Å²) >= 11 is 1.60. The smallest absolute Gasteiger partial charge is 0.268 e. The molecule has 9 heteroatoms. The van der Waals surface area contributed by atoms with Gasteiger partial charge in [0, 0.05) is 16.0 Å². The van der Waals surface area contributed by atoms with Crippen molar-refractivity contribution in [3.63, 3.8) is 0 Å². The van der Waals surface area contributed by atoms with Crippen molar-refractivity contribution in [2.45, 2.75) is 33.4 Å². The number of hydrogen-bond acceptors (Lipinski definition) is 6. The van der Waals surface area contributed by atoms with E-state index in [0.717, 1.165) is 9.18 Å². The Morgan fingerprint density at radius 1 is 1.06 bits per heavy atom. The van der Waals surface area contributed by atoms with Gasteiger partial charge < -0.3 is 10.1 Å². The quantitative estimate of drug-likeness (QED) is 0.448. The van der Waals surface area contributed by atoms with Crippen LogP contribution in [0.5, 0.6) is 5.75 Å². The summed E-state index contributed by atoms with van der Waals surface area (Å²) in [6, 6.07) is 17.1. The van der Waals surface area contributed by atoms with Crippen LogP contribution >= 0.6 is 11.3 Å². The van der Waals surface area contributed by atoms with Gasteiger partial charge in [0.15, 0.2) is 0 Å². The number of ether oxygens (including phenoxy) is 1. The molecule has 1 atom stereocenters. The third kappa shape index (κ3) is 4.94. The lowest BCUT2D eigenvalue weighted by atomic mass is 10.0. The van der Waals surface area contributed by atoms with Crippen molar-refractivity contribution >= 4 is 38.1 Å². The number of carbonyl (C=O) groups excluding carboxylic acids is 2. The van der Waals surface area contributed by atoms with E-state index >= 15 is 0 Å². The zero-order chi connectivity index (χ0) is 26.0. The molecule has 2 amide bonds. The van der Waals surface area contributed by atoms with Crippen LogP contribution in [-0.4, -0.2) is 31.6 Å². The van der Waals surface area contributed by atoms with Crippen LogP contribution in [0.4, 0.5) is 0 Å². The number of thiophene rings is 1. The predicted octanol–water partition coefficient (Wildman–Crippen LogP) is 4.99. The van der Waals surface area contributed by atoms with E-state index in [1.165, 1.54) is 14.0 Å². The summed E-state index contributed by atoms with van der Waals surface area (Å²) in [7, 11) is -2.50. The molecule has 2 heterocycles. The molecule has 0 radical (unpaired) electrons. The second-order valence-corrected chi connectivity index (χ2v) is 11.7.